The summed E-state index contributed by atoms with van der Waals surface area (Å²) in [5.74, 6) is 0.754. The van der Waals surface area contributed by atoms with Crippen LogP contribution >= 0.6 is 23.1 Å². The van der Waals surface area contributed by atoms with Crippen molar-refractivity contribution in [3.05, 3.63) is 106 Å². The second-order valence-corrected chi connectivity index (χ2v) is 13.8. The van der Waals surface area contributed by atoms with Crippen molar-refractivity contribution >= 4 is 33.1 Å². The highest BCUT2D eigenvalue weighted by Gasteiger charge is 2.38. The van der Waals surface area contributed by atoms with Gasteiger partial charge in [-0.05, 0) is 35.7 Å². The number of benzene rings is 3. The zero-order valence-electron chi connectivity index (χ0n) is 22.1. The molecule has 40 heavy (non-hydrogen) atoms. The van der Waals surface area contributed by atoms with Gasteiger partial charge >= 0.3 is 0 Å². The molecule has 8 nitrogen and oxygen atoms in total. The quantitative estimate of drug-likeness (QED) is 0.234. The van der Waals surface area contributed by atoms with Crippen LogP contribution in [0.3, 0.4) is 0 Å². The topological polar surface area (TPSA) is 111 Å². The molecule has 0 aliphatic carbocycles. The number of nitrogens with one attached hydrogen (secondary N) is 1. The van der Waals surface area contributed by atoms with Crippen LogP contribution in [0.4, 0.5) is 0 Å². The van der Waals surface area contributed by atoms with E-state index in [1.165, 1.54) is 0 Å². The Morgan fingerprint density at radius 3 is 2.25 bits per heavy atom. The van der Waals surface area contributed by atoms with E-state index in [-0.39, 0.29) is 36.2 Å². The molecule has 3 aromatic carbocycles. The molecule has 1 saturated heterocycles. The molecule has 210 valence electrons. The molecule has 1 fully saturated rings. The lowest BCUT2D eigenvalue weighted by atomic mass is 9.91. The van der Waals surface area contributed by atoms with Crippen molar-refractivity contribution in [1.82, 2.24) is 14.9 Å². The molecule has 0 radical (unpaired) electrons. The summed E-state index contributed by atoms with van der Waals surface area (Å²) in [6, 6.07) is 23.7. The van der Waals surface area contributed by atoms with Gasteiger partial charge in [0, 0.05) is 23.8 Å². The third-order valence-electron chi connectivity index (χ3n) is 6.77. The van der Waals surface area contributed by atoms with Crippen molar-refractivity contribution in [3.8, 4) is 0 Å². The van der Waals surface area contributed by atoms with E-state index in [0.29, 0.717) is 5.75 Å². The normalized spacial score (nSPS) is 21.4. The van der Waals surface area contributed by atoms with E-state index in [4.69, 9.17) is 9.47 Å². The number of sulfonamides is 1. The number of ether oxygens (including phenoxy) is 2. The summed E-state index contributed by atoms with van der Waals surface area (Å²) in [6.07, 6.45) is -0.936. The van der Waals surface area contributed by atoms with Crippen LogP contribution < -0.4 is 4.72 Å². The Morgan fingerprint density at radius 2 is 1.60 bits per heavy atom. The van der Waals surface area contributed by atoms with Gasteiger partial charge in [0.15, 0.2) is 10.6 Å². The SMILES string of the molecule is Cc1nnc(SC[C@H]2O[C@@H](c3ccc(CNS(=O)(=O)c4ccccc4)cc3)O[C@@H](c3ccc(CO)cc3)[C@H]2C)s1. The Balaban J connectivity index is 1.31. The highest BCUT2D eigenvalue weighted by Crippen LogP contribution is 2.43. The first-order valence-electron chi connectivity index (χ1n) is 12.9. The van der Waals surface area contributed by atoms with Crippen molar-refractivity contribution in [3.63, 3.8) is 0 Å². The van der Waals surface area contributed by atoms with Gasteiger partial charge in [0.2, 0.25) is 10.0 Å². The van der Waals surface area contributed by atoms with Crippen molar-refractivity contribution in [2.75, 3.05) is 5.75 Å². The first kappa shape index (κ1) is 28.9. The fourth-order valence-corrected chi connectivity index (χ4v) is 7.50. The molecular weight excluding hydrogens is 567 g/mol. The standard InChI is InChI=1S/C29H31N3O5S3/c1-19-26(18-38-29-32-31-20(2)39-29)36-28(37-27(19)23-12-10-22(17-33)11-13-23)24-14-8-21(9-15-24)16-30-40(34,35)25-6-4-3-5-7-25/h3-15,19,26-28,30,33H,16-18H2,1-2H3/t19-,26+,27+,28+/m0/s1. The fraction of sp³-hybridized carbons (Fsp3) is 0.310. The number of aryl methyl sites for hydroxylation is 1. The third kappa shape index (κ3) is 6.98. The summed E-state index contributed by atoms with van der Waals surface area (Å²) in [6.45, 7) is 4.22. The first-order chi connectivity index (χ1) is 19.3. The van der Waals surface area contributed by atoms with Crippen LogP contribution in [0.15, 0.2) is 88.1 Å². The maximum atomic E-state index is 12.6. The van der Waals surface area contributed by atoms with Crippen LogP contribution in [0.1, 0.15) is 46.6 Å². The minimum absolute atomic E-state index is 0.0124. The average Bonchev–Trinajstić information content (AvgIpc) is 3.41. The smallest absolute Gasteiger partial charge is 0.240 e. The minimum atomic E-state index is -3.60. The van der Waals surface area contributed by atoms with Crippen LogP contribution in [-0.2, 0) is 32.6 Å². The highest BCUT2D eigenvalue weighted by molar-refractivity contribution is 8.01. The molecule has 1 aromatic heterocycles. The van der Waals surface area contributed by atoms with Crippen molar-refractivity contribution in [2.45, 2.75) is 54.7 Å². The molecule has 0 bridgehead atoms. The van der Waals surface area contributed by atoms with E-state index in [1.807, 2.05) is 55.5 Å². The number of aromatic nitrogens is 2. The van der Waals surface area contributed by atoms with Gasteiger partial charge in [-0.3, -0.25) is 0 Å². The monoisotopic (exact) mass is 597 g/mol. The lowest BCUT2D eigenvalue weighted by molar-refractivity contribution is -0.268. The fourth-order valence-electron chi connectivity index (χ4n) is 4.45. The Labute approximate surface area is 242 Å². The molecule has 4 aromatic rings. The third-order valence-corrected chi connectivity index (χ3v) is 10.3. The lowest BCUT2D eigenvalue weighted by Crippen LogP contribution is -2.38. The van der Waals surface area contributed by atoms with Gasteiger partial charge in [-0.15, -0.1) is 10.2 Å². The maximum absolute atomic E-state index is 12.6. The van der Waals surface area contributed by atoms with Gasteiger partial charge in [0.1, 0.15) is 5.01 Å². The van der Waals surface area contributed by atoms with Gasteiger partial charge in [0.25, 0.3) is 0 Å². The number of rotatable bonds is 10. The predicted molar refractivity (Wildman–Crippen MR) is 155 cm³/mol. The number of aliphatic hydroxyl groups excluding tert-OH is 1. The summed E-state index contributed by atoms with van der Waals surface area (Å²) >= 11 is 3.19. The van der Waals surface area contributed by atoms with Gasteiger partial charge in [-0.1, -0.05) is 96.8 Å². The summed E-state index contributed by atoms with van der Waals surface area (Å²) < 4.78 is 41.7. The number of hydrogen-bond acceptors (Lipinski definition) is 9. The van der Waals surface area contributed by atoms with Crippen molar-refractivity contribution < 1.29 is 23.0 Å². The van der Waals surface area contributed by atoms with Gasteiger partial charge in [-0.25, -0.2) is 13.1 Å². The largest absolute Gasteiger partial charge is 0.392 e. The van der Waals surface area contributed by atoms with E-state index < -0.39 is 16.3 Å². The Kier molecular flexibility index (Phi) is 9.31. The summed E-state index contributed by atoms with van der Waals surface area (Å²) in [5.41, 5.74) is 3.53. The number of hydrogen-bond donors (Lipinski definition) is 2. The average molecular weight is 598 g/mol. The summed E-state index contributed by atoms with van der Waals surface area (Å²) in [7, 11) is -3.60. The van der Waals surface area contributed by atoms with Gasteiger partial charge < -0.3 is 14.6 Å². The first-order valence-corrected chi connectivity index (χ1v) is 16.2. The Hall–Kier alpha value is -2.64. The molecule has 0 saturated carbocycles. The van der Waals surface area contributed by atoms with Crippen molar-refractivity contribution in [2.24, 2.45) is 5.92 Å². The minimum Gasteiger partial charge on any atom is -0.392 e. The van der Waals surface area contributed by atoms with Crippen LogP contribution in [0.25, 0.3) is 0 Å². The molecule has 2 N–H and O–H groups in total. The molecule has 4 atom stereocenters. The van der Waals surface area contributed by atoms with E-state index in [1.54, 1.807) is 53.4 Å². The molecular formula is C29H31N3O5S3. The maximum Gasteiger partial charge on any atom is 0.240 e. The predicted octanol–water partition coefficient (Wildman–Crippen LogP) is 5.40. The number of thioether (sulfide) groups is 1. The van der Waals surface area contributed by atoms with Crippen LogP contribution in [-0.4, -0.2) is 35.6 Å². The summed E-state index contributed by atoms with van der Waals surface area (Å²) in [5, 5.41) is 18.7. The van der Waals surface area contributed by atoms with E-state index in [9.17, 15) is 13.5 Å². The second-order valence-electron chi connectivity index (χ2n) is 9.60. The molecule has 0 spiro atoms. The van der Waals surface area contributed by atoms with Crippen LogP contribution in [0.5, 0.6) is 0 Å². The number of nitrogens with zero attached hydrogens (tertiary/aromatic N) is 2. The highest BCUT2D eigenvalue weighted by atomic mass is 32.2. The zero-order valence-corrected chi connectivity index (χ0v) is 24.6. The lowest BCUT2D eigenvalue weighted by Gasteiger charge is -2.41. The zero-order chi connectivity index (χ0) is 28.1. The number of aliphatic hydroxyl groups is 1. The van der Waals surface area contributed by atoms with Gasteiger partial charge in [0.05, 0.1) is 23.7 Å². The van der Waals surface area contributed by atoms with Gasteiger partial charge in [-0.2, -0.15) is 0 Å². The second kappa shape index (κ2) is 12.9. The van der Waals surface area contributed by atoms with Crippen molar-refractivity contribution in [1.29, 1.82) is 0 Å². The molecule has 0 amide bonds. The van der Waals surface area contributed by atoms with E-state index in [0.717, 1.165) is 31.6 Å². The molecule has 11 heteroatoms. The Bertz CT molecular complexity index is 1500. The van der Waals surface area contributed by atoms with Crippen LogP contribution in [0.2, 0.25) is 0 Å². The Morgan fingerprint density at radius 1 is 0.925 bits per heavy atom. The van der Waals surface area contributed by atoms with E-state index >= 15 is 0 Å². The molecule has 5 rings (SSSR count). The van der Waals surface area contributed by atoms with Crippen LogP contribution in [0, 0.1) is 12.8 Å². The molecule has 0 unspecified atom stereocenters. The molecule has 2 heterocycles. The van der Waals surface area contributed by atoms with E-state index in [2.05, 4.69) is 21.8 Å². The molecule has 1 aliphatic rings. The summed E-state index contributed by atoms with van der Waals surface area (Å²) in [4.78, 5) is 0.232. The molecule has 1 aliphatic heterocycles.